The predicted octanol–water partition coefficient (Wildman–Crippen LogP) is 3.86. The summed E-state index contributed by atoms with van der Waals surface area (Å²) in [6, 6.07) is 11.1. The van der Waals surface area contributed by atoms with Crippen LogP contribution < -0.4 is 24.3 Å². The van der Waals surface area contributed by atoms with Crippen LogP contribution in [0.2, 0.25) is 0 Å². The van der Waals surface area contributed by atoms with E-state index in [4.69, 9.17) is 18.9 Å². The number of benzene rings is 2. The lowest BCUT2D eigenvalue weighted by atomic mass is 9.89. The molecule has 2 aliphatic heterocycles. The molecule has 0 radical (unpaired) electrons. The van der Waals surface area contributed by atoms with E-state index < -0.39 is 0 Å². The van der Waals surface area contributed by atoms with Gasteiger partial charge in [0, 0.05) is 18.1 Å². The van der Waals surface area contributed by atoms with Crippen molar-refractivity contribution in [3.8, 4) is 23.0 Å². The van der Waals surface area contributed by atoms with Gasteiger partial charge in [-0.25, -0.2) is 0 Å². The van der Waals surface area contributed by atoms with Gasteiger partial charge in [-0.2, -0.15) is 0 Å². The zero-order valence-electron chi connectivity index (χ0n) is 16.2. The number of hydrogen-bond acceptors (Lipinski definition) is 5. The molecule has 0 fully saturated rings. The third-order valence-electron chi connectivity index (χ3n) is 4.81. The lowest BCUT2D eigenvalue weighted by molar-refractivity contribution is -0.117. The number of ether oxygens (including phenoxy) is 4. The van der Waals surface area contributed by atoms with Crippen molar-refractivity contribution in [3.63, 3.8) is 0 Å². The lowest BCUT2D eigenvalue weighted by Crippen LogP contribution is -2.40. The topological polar surface area (TPSA) is 66.0 Å². The molecule has 0 saturated heterocycles. The van der Waals surface area contributed by atoms with Crippen molar-refractivity contribution in [2.24, 2.45) is 0 Å². The molecule has 2 aromatic carbocycles. The Kier molecular flexibility index (Phi) is 4.63. The average molecular weight is 381 g/mol. The normalized spacial score (nSPS) is 19.0. The molecule has 2 aromatic rings. The average Bonchev–Trinajstić information content (AvgIpc) is 3.13. The van der Waals surface area contributed by atoms with Crippen molar-refractivity contribution < 1.29 is 23.7 Å². The first-order chi connectivity index (χ1) is 13.4. The number of hydrogen-bond donors (Lipinski definition) is 1. The molecule has 1 atom stereocenters. The minimum atomic E-state index is -0.374. The fourth-order valence-electron chi connectivity index (χ4n) is 3.50. The third-order valence-corrected chi connectivity index (χ3v) is 4.81. The minimum absolute atomic E-state index is 0.164. The van der Waals surface area contributed by atoms with E-state index in [2.05, 4.69) is 5.32 Å². The van der Waals surface area contributed by atoms with Gasteiger partial charge in [-0.15, -0.1) is 0 Å². The predicted molar refractivity (Wildman–Crippen MR) is 105 cm³/mol. The summed E-state index contributed by atoms with van der Waals surface area (Å²) in [4.78, 5) is 12.6. The van der Waals surface area contributed by atoms with Crippen LogP contribution in [-0.2, 0) is 4.79 Å². The van der Waals surface area contributed by atoms with E-state index in [1.165, 1.54) is 6.08 Å². The Balaban J connectivity index is 1.51. The van der Waals surface area contributed by atoms with E-state index in [9.17, 15) is 4.79 Å². The molecule has 28 heavy (non-hydrogen) atoms. The Labute approximate surface area is 164 Å². The van der Waals surface area contributed by atoms with Gasteiger partial charge >= 0.3 is 0 Å². The van der Waals surface area contributed by atoms with Crippen LogP contribution in [0.15, 0.2) is 42.5 Å². The van der Waals surface area contributed by atoms with Gasteiger partial charge in [0.1, 0.15) is 17.1 Å². The summed E-state index contributed by atoms with van der Waals surface area (Å²) in [6.45, 7) is 4.26. The zero-order chi connectivity index (χ0) is 19.7. The van der Waals surface area contributed by atoms with Gasteiger partial charge in [0.15, 0.2) is 11.5 Å². The van der Waals surface area contributed by atoms with Gasteiger partial charge < -0.3 is 24.3 Å². The smallest absolute Gasteiger partial charge is 0.244 e. The minimum Gasteiger partial charge on any atom is -0.497 e. The molecule has 4 rings (SSSR count). The SMILES string of the molecule is COc1ccc2c(c1)C(NC(=O)/C=C/c1ccc3c(c1)OCO3)CC(C)(C)O2. The van der Waals surface area contributed by atoms with Crippen LogP contribution in [0.3, 0.4) is 0 Å². The molecule has 146 valence electrons. The molecule has 0 aromatic heterocycles. The number of carbonyl (C=O) groups is 1. The number of amides is 1. The first kappa shape index (κ1) is 18.2. The largest absolute Gasteiger partial charge is 0.497 e. The molecule has 2 aliphatic rings. The van der Waals surface area contributed by atoms with Crippen molar-refractivity contribution in [1.29, 1.82) is 0 Å². The Morgan fingerprint density at radius 1 is 1.14 bits per heavy atom. The first-order valence-corrected chi connectivity index (χ1v) is 9.19. The second-order valence-corrected chi connectivity index (χ2v) is 7.48. The number of fused-ring (bicyclic) bond motifs is 2. The number of carbonyl (C=O) groups excluding carboxylic acids is 1. The second kappa shape index (κ2) is 7.11. The van der Waals surface area contributed by atoms with Crippen molar-refractivity contribution in [1.82, 2.24) is 5.32 Å². The molecule has 2 heterocycles. The monoisotopic (exact) mass is 381 g/mol. The first-order valence-electron chi connectivity index (χ1n) is 9.19. The number of nitrogens with one attached hydrogen (secondary N) is 1. The van der Waals surface area contributed by atoms with E-state index in [1.807, 2.05) is 50.2 Å². The Morgan fingerprint density at radius 3 is 2.75 bits per heavy atom. The molecule has 1 unspecified atom stereocenters. The summed E-state index contributed by atoms with van der Waals surface area (Å²) in [5.74, 6) is 2.74. The summed E-state index contributed by atoms with van der Waals surface area (Å²) < 4.78 is 22.0. The van der Waals surface area contributed by atoms with E-state index in [0.29, 0.717) is 12.2 Å². The molecule has 6 nitrogen and oxygen atoms in total. The van der Waals surface area contributed by atoms with Gasteiger partial charge in [0.2, 0.25) is 12.7 Å². The van der Waals surface area contributed by atoms with Crippen molar-refractivity contribution >= 4 is 12.0 Å². The molecule has 0 spiro atoms. The molecule has 1 N–H and O–H groups in total. The van der Waals surface area contributed by atoms with Gasteiger partial charge in [0.25, 0.3) is 0 Å². The van der Waals surface area contributed by atoms with E-state index in [1.54, 1.807) is 13.2 Å². The van der Waals surface area contributed by atoms with Crippen LogP contribution in [0.1, 0.15) is 37.4 Å². The molecule has 0 saturated carbocycles. The van der Waals surface area contributed by atoms with Crippen LogP contribution in [0.5, 0.6) is 23.0 Å². The number of methoxy groups -OCH3 is 1. The second-order valence-electron chi connectivity index (χ2n) is 7.48. The highest BCUT2D eigenvalue weighted by molar-refractivity contribution is 5.92. The highest BCUT2D eigenvalue weighted by Gasteiger charge is 2.34. The zero-order valence-corrected chi connectivity index (χ0v) is 16.2. The summed E-state index contributed by atoms with van der Waals surface area (Å²) in [5, 5.41) is 3.09. The van der Waals surface area contributed by atoms with E-state index >= 15 is 0 Å². The van der Waals surface area contributed by atoms with E-state index in [-0.39, 0.29) is 24.3 Å². The van der Waals surface area contributed by atoms with Crippen LogP contribution in [0.25, 0.3) is 6.08 Å². The fourth-order valence-corrected chi connectivity index (χ4v) is 3.50. The van der Waals surface area contributed by atoms with Gasteiger partial charge in [-0.05, 0) is 55.8 Å². The van der Waals surface area contributed by atoms with E-state index in [0.717, 1.165) is 28.4 Å². The van der Waals surface area contributed by atoms with Crippen LogP contribution in [-0.4, -0.2) is 25.4 Å². The molecule has 6 heteroatoms. The van der Waals surface area contributed by atoms with Crippen LogP contribution in [0, 0.1) is 0 Å². The van der Waals surface area contributed by atoms with Crippen molar-refractivity contribution in [2.75, 3.05) is 13.9 Å². The molecular formula is C22H23NO5. The van der Waals surface area contributed by atoms with Crippen molar-refractivity contribution in [3.05, 3.63) is 53.6 Å². The fraction of sp³-hybridized carbons (Fsp3) is 0.318. The van der Waals surface area contributed by atoms with Crippen LogP contribution in [0.4, 0.5) is 0 Å². The third kappa shape index (κ3) is 3.76. The Morgan fingerprint density at radius 2 is 1.93 bits per heavy atom. The summed E-state index contributed by atoms with van der Waals surface area (Å²) in [6.07, 6.45) is 3.95. The standard InChI is InChI=1S/C22H23NO5/c1-22(2)12-17(16-11-15(25-3)6-8-18(16)28-22)23-21(24)9-5-14-4-7-19-20(10-14)27-13-26-19/h4-11,17H,12-13H2,1-3H3,(H,23,24)/b9-5+. The summed E-state index contributed by atoms with van der Waals surface area (Å²) in [5.41, 5.74) is 1.41. The molecule has 0 bridgehead atoms. The lowest BCUT2D eigenvalue weighted by Gasteiger charge is -2.37. The highest BCUT2D eigenvalue weighted by Crippen LogP contribution is 2.41. The maximum Gasteiger partial charge on any atom is 0.244 e. The highest BCUT2D eigenvalue weighted by atomic mass is 16.7. The quantitative estimate of drug-likeness (QED) is 0.815. The summed E-state index contributed by atoms with van der Waals surface area (Å²) in [7, 11) is 1.62. The Hall–Kier alpha value is -3.15. The van der Waals surface area contributed by atoms with Gasteiger partial charge in [0.05, 0.1) is 13.2 Å². The molecule has 1 amide bonds. The maximum atomic E-state index is 12.6. The Bertz CT molecular complexity index is 935. The van der Waals surface area contributed by atoms with Gasteiger partial charge in [-0.3, -0.25) is 4.79 Å². The maximum absolute atomic E-state index is 12.6. The van der Waals surface area contributed by atoms with Crippen LogP contribution >= 0.6 is 0 Å². The number of rotatable bonds is 4. The molecular weight excluding hydrogens is 358 g/mol. The summed E-state index contributed by atoms with van der Waals surface area (Å²) >= 11 is 0. The molecule has 0 aliphatic carbocycles. The van der Waals surface area contributed by atoms with Crippen molar-refractivity contribution in [2.45, 2.75) is 31.9 Å². The van der Waals surface area contributed by atoms with Gasteiger partial charge in [-0.1, -0.05) is 6.07 Å².